The number of carbonyl (C=O) groups excluding carboxylic acids is 3. The second-order valence-electron chi connectivity index (χ2n) is 6.63. The number of amides is 3. The number of nitrogens with zero attached hydrogens (tertiary/aromatic N) is 3. The summed E-state index contributed by atoms with van der Waals surface area (Å²) in [7, 11) is 0. The van der Waals surface area contributed by atoms with Crippen LogP contribution >= 0.6 is 0 Å². The number of likely N-dealkylation sites (tertiary alicyclic amines) is 1. The Hall–Kier alpha value is -2.44. The Kier molecular flexibility index (Phi) is 5.01. The molecule has 2 aliphatic rings. The van der Waals surface area contributed by atoms with E-state index in [1.807, 2.05) is 0 Å². The van der Waals surface area contributed by atoms with Gasteiger partial charge in [-0.05, 0) is 17.7 Å². The summed E-state index contributed by atoms with van der Waals surface area (Å²) in [5.41, 5.74) is 0.845. The van der Waals surface area contributed by atoms with Crippen molar-refractivity contribution in [2.75, 3.05) is 32.7 Å². The summed E-state index contributed by atoms with van der Waals surface area (Å²) in [4.78, 5) is 41.4. The zero-order valence-electron chi connectivity index (χ0n) is 14.3. The largest absolute Gasteiger partial charge is 0.339 e. The van der Waals surface area contributed by atoms with E-state index in [-0.39, 0.29) is 35.9 Å². The Morgan fingerprint density at radius 2 is 1.68 bits per heavy atom. The second-order valence-corrected chi connectivity index (χ2v) is 6.63. The molecule has 1 atom stereocenters. The molecule has 0 aliphatic carbocycles. The number of carbonyl (C=O) groups is 3. The predicted molar refractivity (Wildman–Crippen MR) is 88.8 cm³/mol. The van der Waals surface area contributed by atoms with Gasteiger partial charge in [0.05, 0.1) is 5.92 Å². The maximum atomic E-state index is 13.0. The summed E-state index contributed by atoms with van der Waals surface area (Å²) in [6, 6.07) is 6.04. The lowest BCUT2D eigenvalue weighted by molar-refractivity contribution is -0.141. The highest BCUT2D eigenvalue weighted by molar-refractivity contribution is 5.89. The van der Waals surface area contributed by atoms with Crippen molar-refractivity contribution in [2.45, 2.75) is 19.9 Å². The SMILES string of the molecule is CC(=O)N1CCN(C(=O)[C@H]2CC(=O)N(Cc3ccc(F)cc3)C2)CC1. The lowest BCUT2D eigenvalue weighted by Gasteiger charge is -2.35. The first-order chi connectivity index (χ1) is 11.9. The van der Waals surface area contributed by atoms with E-state index < -0.39 is 0 Å². The van der Waals surface area contributed by atoms with E-state index in [2.05, 4.69) is 0 Å². The molecule has 25 heavy (non-hydrogen) atoms. The number of hydrogen-bond acceptors (Lipinski definition) is 3. The van der Waals surface area contributed by atoms with Gasteiger partial charge in [0.2, 0.25) is 17.7 Å². The zero-order valence-corrected chi connectivity index (χ0v) is 14.3. The summed E-state index contributed by atoms with van der Waals surface area (Å²) in [5, 5.41) is 0. The minimum Gasteiger partial charge on any atom is -0.339 e. The van der Waals surface area contributed by atoms with Gasteiger partial charge in [-0.1, -0.05) is 12.1 Å². The number of rotatable bonds is 3. The molecule has 1 aromatic carbocycles. The average Bonchev–Trinajstić information content (AvgIpc) is 2.97. The van der Waals surface area contributed by atoms with Gasteiger partial charge < -0.3 is 14.7 Å². The Morgan fingerprint density at radius 3 is 2.28 bits per heavy atom. The second kappa shape index (κ2) is 7.21. The van der Waals surface area contributed by atoms with Crippen molar-refractivity contribution >= 4 is 17.7 Å². The normalized spacial score (nSPS) is 21.0. The van der Waals surface area contributed by atoms with Gasteiger partial charge in [-0.15, -0.1) is 0 Å². The van der Waals surface area contributed by atoms with Gasteiger partial charge in [-0.25, -0.2) is 4.39 Å². The third-order valence-electron chi connectivity index (χ3n) is 4.89. The van der Waals surface area contributed by atoms with Crippen LogP contribution in [0, 0.1) is 11.7 Å². The first kappa shape index (κ1) is 17.4. The lowest BCUT2D eigenvalue weighted by atomic mass is 10.1. The lowest BCUT2D eigenvalue weighted by Crippen LogP contribution is -2.51. The van der Waals surface area contributed by atoms with Crippen LogP contribution in [0.1, 0.15) is 18.9 Å². The molecule has 1 aromatic rings. The molecule has 0 unspecified atom stereocenters. The third kappa shape index (κ3) is 3.97. The molecule has 7 heteroatoms. The zero-order chi connectivity index (χ0) is 18.0. The number of piperazine rings is 1. The Labute approximate surface area is 146 Å². The molecule has 0 N–H and O–H groups in total. The fourth-order valence-electron chi connectivity index (χ4n) is 3.40. The van der Waals surface area contributed by atoms with Crippen molar-refractivity contribution < 1.29 is 18.8 Å². The van der Waals surface area contributed by atoms with Gasteiger partial charge in [0.1, 0.15) is 5.82 Å². The number of hydrogen-bond donors (Lipinski definition) is 0. The summed E-state index contributed by atoms with van der Waals surface area (Å²) < 4.78 is 13.0. The topological polar surface area (TPSA) is 60.9 Å². The molecule has 0 bridgehead atoms. The summed E-state index contributed by atoms with van der Waals surface area (Å²) >= 11 is 0. The van der Waals surface area contributed by atoms with E-state index in [0.29, 0.717) is 39.3 Å². The molecule has 2 heterocycles. The van der Waals surface area contributed by atoms with E-state index in [4.69, 9.17) is 0 Å². The Bertz CT molecular complexity index is 669. The quantitative estimate of drug-likeness (QED) is 0.815. The number of halogens is 1. The molecule has 0 aromatic heterocycles. The van der Waals surface area contributed by atoms with Gasteiger partial charge in [0, 0.05) is 52.6 Å². The molecule has 2 saturated heterocycles. The summed E-state index contributed by atoms with van der Waals surface area (Å²) in [5.74, 6) is -0.692. The van der Waals surface area contributed by atoms with Crippen LogP contribution in [0.25, 0.3) is 0 Å². The first-order valence-corrected chi connectivity index (χ1v) is 8.50. The fourth-order valence-corrected chi connectivity index (χ4v) is 3.40. The molecule has 6 nitrogen and oxygen atoms in total. The molecule has 134 valence electrons. The maximum Gasteiger partial charge on any atom is 0.228 e. The highest BCUT2D eigenvalue weighted by Crippen LogP contribution is 2.23. The Morgan fingerprint density at radius 1 is 1.08 bits per heavy atom. The molecular weight excluding hydrogens is 325 g/mol. The minimum absolute atomic E-state index is 0.0156. The molecule has 3 rings (SSSR count). The monoisotopic (exact) mass is 347 g/mol. The van der Waals surface area contributed by atoms with Gasteiger partial charge >= 0.3 is 0 Å². The van der Waals surface area contributed by atoms with Crippen molar-refractivity contribution in [2.24, 2.45) is 5.92 Å². The molecule has 0 radical (unpaired) electrons. The van der Waals surface area contributed by atoms with Crippen LogP contribution in [0.15, 0.2) is 24.3 Å². The molecular formula is C18H22FN3O3. The third-order valence-corrected chi connectivity index (χ3v) is 4.89. The standard InChI is InChI=1S/C18H22FN3O3/c1-13(23)20-6-8-21(9-7-20)18(25)15-10-17(24)22(12-15)11-14-2-4-16(19)5-3-14/h2-5,15H,6-12H2,1H3/t15-/m0/s1. The fraction of sp³-hybridized carbons (Fsp3) is 0.500. The smallest absolute Gasteiger partial charge is 0.228 e. The van der Waals surface area contributed by atoms with E-state index in [1.54, 1.807) is 26.8 Å². The van der Waals surface area contributed by atoms with Gasteiger partial charge in [0.25, 0.3) is 0 Å². The summed E-state index contributed by atoms with van der Waals surface area (Å²) in [6.45, 7) is 4.42. The van der Waals surface area contributed by atoms with Crippen LogP contribution in [0.4, 0.5) is 4.39 Å². The van der Waals surface area contributed by atoms with Crippen LogP contribution in [0.3, 0.4) is 0 Å². The molecule has 2 aliphatic heterocycles. The van der Waals surface area contributed by atoms with E-state index in [1.165, 1.54) is 19.1 Å². The van der Waals surface area contributed by atoms with Gasteiger partial charge in [0.15, 0.2) is 0 Å². The van der Waals surface area contributed by atoms with Crippen LogP contribution in [-0.4, -0.2) is 65.1 Å². The van der Waals surface area contributed by atoms with E-state index >= 15 is 0 Å². The summed E-state index contributed by atoms with van der Waals surface area (Å²) in [6.07, 6.45) is 0.215. The Balaban J connectivity index is 1.56. The van der Waals surface area contributed by atoms with Crippen LogP contribution in [0.2, 0.25) is 0 Å². The van der Waals surface area contributed by atoms with E-state index in [9.17, 15) is 18.8 Å². The van der Waals surface area contributed by atoms with Gasteiger partial charge in [-0.3, -0.25) is 14.4 Å². The van der Waals surface area contributed by atoms with Crippen molar-refractivity contribution in [3.63, 3.8) is 0 Å². The molecule has 3 amide bonds. The van der Waals surface area contributed by atoms with Gasteiger partial charge in [-0.2, -0.15) is 0 Å². The maximum absolute atomic E-state index is 13.0. The van der Waals surface area contributed by atoms with Crippen molar-refractivity contribution in [3.8, 4) is 0 Å². The van der Waals surface area contributed by atoms with Crippen molar-refractivity contribution in [1.82, 2.24) is 14.7 Å². The van der Waals surface area contributed by atoms with Crippen molar-refractivity contribution in [3.05, 3.63) is 35.6 Å². The van der Waals surface area contributed by atoms with Crippen LogP contribution in [0.5, 0.6) is 0 Å². The first-order valence-electron chi connectivity index (χ1n) is 8.50. The molecule has 0 saturated carbocycles. The highest BCUT2D eigenvalue weighted by Gasteiger charge is 2.37. The van der Waals surface area contributed by atoms with Crippen LogP contribution in [-0.2, 0) is 20.9 Å². The number of benzene rings is 1. The molecule has 2 fully saturated rings. The van der Waals surface area contributed by atoms with Crippen molar-refractivity contribution in [1.29, 1.82) is 0 Å². The van der Waals surface area contributed by atoms with Crippen LogP contribution < -0.4 is 0 Å². The minimum atomic E-state index is -0.336. The average molecular weight is 347 g/mol. The van der Waals surface area contributed by atoms with E-state index in [0.717, 1.165) is 5.56 Å². The predicted octanol–water partition coefficient (Wildman–Crippen LogP) is 0.865. The molecule has 0 spiro atoms. The highest BCUT2D eigenvalue weighted by atomic mass is 19.1.